The van der Waals surface area contributed by atoms with E-state index in [1.54, 1.807) is 0 Å². The molecule has 0 saturated carbocycles. The number of nitrogens with one attached hydrogen (secondary N) is 1. The molecule has 0 heterocycles. The highest BCUT2D eigenvalue weighted by Crippen LogP contribution is 2.44. The van der Waals surface area contributed by atoms with E-state index in [1.807, 2.05) is 91.0 Å². The second-order valence-electron chi connectivity index (χ2n) is 8.96. The number of carbonyl (C=O) groups excluding carboxylic acids is 1. The lowest BCUT2D eigenvalue weighted by molar-refractivity contribution is -0.139. The molecule has 5 nitrogen and oxygen atoms in total. The fourth-order valence-electron chi connectivity index (χ4n) is 4.85. The molecule has 0 aliphatic heterocycles. The maximum Gasteiger partial charge on any atom is 0.407 e. The van der Waals surface area contributed by atoms with E-state index in [-0.39, 0.29) is 18.9 Å². The zero-order valence-corrected chi connectivity index (χ0v) is 19.8. The van der Waals surface area contributed by atoms with Crippen molar-refractivity contribution in [1.29, 1.82) is 0 Å². The number of carboxylic acid groups (broad SMARTS) is 1. The normalized spacial score (nSPS) is 12.9. The highest BCUT2D eigenvalue weighted by atomic mass is 16.5. The molecule has 0 aromatic heterocycles. The van der Waals surface area contributed by atoms with Crippen molar-refractivity contribution in [2.45, 2.75) is 24.8 Å². The minimum atomic E-state index is -1.08. The number of hydrogen-bond acceptors (Lipinski definition) is 3. The lowest BCUT2D eigenvalue weighted by Crippen LogP contribution is -2.41. The standard InChI is InChI=1S/C31H27NO4/c33-30(34)29(19-16-21-14-17-23(18-15-21)22-8-2-1-3-9-22)32-31(35)36-20-28-26-12-6-4-10-24(26)25-11-5-7-13-27(25)28/h1-15,17-18,28-29H,16,19-20H2,(H,32,35)(H,33,34)/t29-/m1/s1. The number of rotatable bonds is 8. The molecule has 1 aliphatic carbocycles. The Bertz CT molecular complexity index is 1320. The van der Waals surface area contributed by atoms with Crippen LogP contribution >= 0.6 is 0 Å². The number of ether oxygens (including phenoxy) is 1. The average Bonchev–Trinajstić information content (AvgIpc) is 3.24. The Morgan fingerprint density at radius 1 is 0.750 bits per heavy atom. The smallest absolute Gasteiger partial charge is 0.407 e. The van der Waals surface area contributed by atoms with Gasteiger partial charge in [0.15, 0.2) is 0 Å². The van der Waals surface area contributed by atoms with Crippen LogP contribution in [0.15, 0.2) is 103 Å². The third-order valence-electron chi connectivity index (χ3n) is 6.72. The molecule has 4 aromatic carbocycles. The zero-order chi connectivity index (χ0) is 24.9. The van der Waals surface area contributed by atoms with Crippen LogP contribution in [-0.4, -0.2) is 29.8 Å². The quantitative estimate of drug-likeness (QED) is 0.313. The molecule has 1 aliphatic rings. The number of alkyl carbamates (subject to hydrolysis) is 1. The molecule has 1 atom stereocenters. The summed E-state index contributed by atoms with van der Waals surface area (Å²) < 4.78 is 5.52. The first kappa shape index (κ1) is 23.4. The van der Waals surface area contributed by atoms with Crippen LogP contribution in [0.3, 0.4) is 0 Å². The van der Waals surface area contributed by atoms with Crippen LogP contribution in [0.25, 0.3) is 22.3 Å². The highest BCUT2D eigenvalue weighted by Gasteiger charge is 2.29. The molecule has 5 rings (SSSR count). The molecule has 2 N–H and O–H groups in total. The highest BCUT2D eigenvalue weighted by molar-refractivity contribution is 5.81. The molecular weight excluding hydrogens is 450 g/mol. The Kier molecular flexibility index (Phi) is 6.80. The topological polar surface area (TPSA) is 75.6 Å². The van der Waals surface area contributed by atoms with Gasteiger partial charge in [0.2, 0.25) is 0 Å². The second kappa shape index (κ2) is 10.5. The van der Waals surface area contributed by atoms with Crippen molar-refractivity contribution in [3.8, 4) is 22.3 Å². The second-order valence-corrected chi connectivity index (χ2v) is 8.96. The van der Waals surface area contributed by atoms with Crippen LogP contribution in [0.2, 0.25) is 0 Å². The Morgan fingerprint density at radius 3 is 1.92 bits per heavy atom. The minimum absolute atomic E-state index is 0.0745. The van der Waals surface area contributed by atoms with Crippen molar-refractivity contribution in [1.82, 2.24) is 5.32 Å². The lowest BCUT2D eigenvalue weighted by atomic mass is 9.98. The van der Waals surface area contributed by atoms with E-state index in [2.05, 4.69) is 17.4 Å². The predicted octanol–water partition coefficient (Wildman–Crippen LogP) is 6.28. The van der Waals surface area contributed by atoms with Gasteiger partial charge in [0.05, 0.1) is 0 Å². The van der Waals surface area contributed by atoms with Crippen molar-refractivity contribution < 1.29 is 19.4 Å². The van der Waals surface area contributed by atoms with E-state index in [0.717, 1.165) is 38.9 Å². The first-order chi connectivity index (χ1) is 17.6. The molecule has 0 radical (unpaired) electrons. The van der Waals surface area contributed by atoms with E-state index in [4.69, 9.17) is 4.74 Å². The fourth-order valence-corrected chi connectivity index (χ4v) is 4.85. The summed E-state index contributed by atoms with van der Waals surface area (Å²) in [7, 11) is 0. The number of aliphatic carboxylic acids is 1. The number of carbonyl (C=O) groups is 2. The number of amides is 1. The molecule has 0 spiro atoms. The van der Waals surface area contributed by atoms with Crippen molar-refractivity contribution in [3.05, 3.63) is 120 Å². The van der Waals surface area contributed by atoms with E-state index >= 15 is 0 Å². The van der Waals surface area contributed by atoms with Gasteiger partial charge in [0.25, 0.3) is 0 Å². The first-order valence-electron chi connectivity index (χ1n) is 12.1. The molecule has 36 heavy (non-hydrogen) atoms. The zero-order valence-electron chi connectivity index (χ0n) is 19.8. The Hall–Kier alpha value is -4.38. The number of hydrogen-bond donors (Lipinski definition) is 2. The summed E-state index contributed by atoms with van der Waals surface area (Å²) in [6.07, 6.45) is 0.0728. The predicted molar refractivity (Wildman–Crippen MR) is 140 cm³/mol. The molecule has 0 unspecified atom stereocenters. The van der Waals surface area contributed by atoms with Gasteiger partial charge in [0.1, 0.15) is 12.6 Å². The summed E-state index contributed by atoms with van der Waals surface area (Å²) in [6.45, 7) is 0.146. The van der Waals surface area contributed by atoms with Gasteiger partial charge in [-0.3, -0.25) is 0 Å². The van der Waals surface area contributed by atoms with Gasteiger partial charge in [-0.1, -0.05) is 103 Å². The van der Waals surface area contributed by atoms with Crippen molar-refractivity contribution in [3.63, 3.8) is 0 Å². The van der Waals surface area contributed by atoms with E-state index in [9.17, 15) is 14.7 Å². The van der Waals surface area contributed by atoms with Gasteiger partial charge >= 0.3 is 12.1 Å². The molecule has 5 heteroatoms. The van der Waals surface area contributed by atoms with Gasteiger partial charge < -0.3 is 15.2 Å². The third-order valence-corrected chi connectivity index (χ3v) is 6.72. The number of carboxylic acids is 1. The Morgan fingerprint density at radius 2 is 1.31 bits per heavy atom. The molecule has 1 amide bonds. The Labute approximate surface area is 210 Å². The lowest BCUT2D eigenvalue weighted by Gasteiger charge is -2.17. The number of fused-ring (bicyclic) bond motifs is 3. The molecular formula is C31H27NO4. The minimum Gasteiger partial charge on any atom is -0.480 e. The summed E-state index contributed by atoms with van der Waals surface area (Å²) in [5, 5.41) is 12.2. The van der Waals surface area contributed by atoms with E-state index < -0.39 is 18.1 Å². The Balaban J connectivity index is 1.18. The summed E-state index contributed by atoms with van der Waals surface area (Å²) in [5.41, 5.74) is 7.75. The summed E-state index contributed by atoms with van der Waals surface area (Å²) in [6, 6.07) is 33.3. The van der Waals surface area contributed by atoms with Gasteiger partial charge in [0, 0.05) is 5.92 Å². The van der Waals surface area contributed by atoms with Gasteiger partial charge in [-0.2, -0.15) is 0 Å². The SMILES string of the molecule is O=C(N[C@H](CCc1ccc(-c2ccccc2)cc1)C(=O)O)OCC1c2ccccc2-c2ccccc21. The third kappa shape index (κ3) is 5.01. The first-order valence-corrected chi connectivity index (χ1v) is 12.1. The van der Waals surface area contributed by atoms with Crippen molar-refractivity contribution in [2.75, 3.05) is 6.61 Å². The van der Waals surface area contributed by atoms with Gasteiger partial charge in [-0.15, -0.1) is 0 Å². The monoisotopic (exact) mass is 477 g/mol. The average molecular weight is 478 g/mol. The van der Waals surface area contributed by atoms with Crippen molar-refractivity contribution in [2.24, 2.45) is 0 Å². The largest absolute Gasteiger partial charge is 0.480 e. The summed E-state index contributed by atoms with van der Waals surface area (Å²) in [5.74, 6) is -1.15. The maximum atomic E-state index is 12.6. The summed E-state index contributed by atoms with van der Waals surface area (Å²) >= 11 is 0. The molecule has 4 aromatic rings. The molecule has 0 fully saturated rings. The van der Waals surface area contributed by atoms with Crippen molar-refractivity contribution >= 4 is 12.1 Å². The van der Waals surface area contributed by atoms with Crippen LogP contribution < -0.4 is 5.32 Å². The molecule has 180 valence electrons. The number of benzene rings is 4. The molecule has 0 saturated heterocycles. The van der Waals surface area contributed by atoms with E-state index in [0.29, 0.717) is 6.42 Å². The van der Waals surface area contributed by atoms with Crippen LogP contribution in [-0.2, 0) is 16.0 Å². The van der Waals surface area contributed by atoms with Crippen LogP contribution in [0, 0.1) is 0 Å². The summed E-state index contributed by atoms with van der Waals surface area (Å²) in [4.78, 5) is 24.4. The number of aryl methyl sites for hydroxylation is 1. The molecule has 0 bridgehead atoms. The van der Waals surface area contributed by atoms with Crippen LogP contribution in [0.5, 0.6) is 0 Å². The van der Waals surface area contributed by atoms with Gasteiger partial charge in [-0.05, 0) is 51.8 Å². The fraction of sp³-hybridized carbons (Fsp3) is 0.161. The van der Waals surface area contributed by atoms with Crippen LogP contribution in [0.4, 0.5) is 4.79 Å². The van der Waals surface area contributed by atoms with Gasteiger partial charge in [-0.25, -0.2) is 9.59 Å². The maximum absolute atomic E-state index is 12.6. The van der Waals surface area contributed by atoms with E-state index in [1.165, 1.54) is 0 Å². The van der Waals surface area contributed by atoms with Crippen LogP contribution in [0.1, 0.15) is 29.0 Å².